The molecule has 51 heavy (non-hydrogen) atoms. The first-order valence-corrected chi connectivity index (χ1v) is 16.7. The number of methoxy groups -OCH3 is 1. The van der Waals surface area contributed by atoms with Gasteiger partial charge in [-0.05, 0) is 72.6 Å². The highest BCUT2D eigenvalue weighted by atomic mass is 16.6. The number of carbonyl (C=O) groups is 5. The number of benzene rings is 1. The number of nitrogens with zero attached hydrogens (tertiary/aromatic N) is 6. The van der Waals surface area contributed by atoms with E-state index >= 15 is 0 Å². The van der Waals surface area contributed by atoms with Gasteiger partial charge in [0, 0.05) is 32.6 Å². The van der Waals surface area contributed by atoms with Crippen LogP contribution in [0.4, 0.5) is 15.4 Å². The summed E-state index contributed by atoms with van der Waals surface area (Å²) in [5, 5.41) is 4.34. The molecule has 0 N–H and O–H groups in total. The van der Waals surface area contributed by atoms with Gasteiger partial charge in [0.15, 0.2) is 5.75 Å². The predicted octanol–water partition coefficient (Wildman–Crippen LogP) is 5.13. The highest BCUT2D eigenvalue weighted by Gasteiger charge is 2.47. The molecule has 2 aliphatic heterocycles. The highest BCUT2D eigenvalue weighted by molar-refractivity contribution is 6.21. The van der Waals surface area contributed by atoms with E-state index in [1.807, 2.05) is 0 Å². The number of esters is 1. The maximum absolute atomic E-state index is 13.8. The summed E-state index contributed by atoms with van der Waals surface area (Å²) < 4.78 is 24.2. The van der Waals surface area contributed by atoms with Gasteiger partial charge in [0.1, 0.15) is 23.1 Å². The van der Waals surface area contributed by atoms with Crippen LogP contribution in [0.5, 0.6) is 11.6 Å². The molecule has 0 unspecified atom stereocenters. The quantitative estimate of drug-likeness (QED) is 0.165. The van der Waals surface area contributed by atoms with Crippen molar-refractivity contribution in [1.82, 2.24) is 24.6 Å². The molecule has 0 radical (unpaired) electrons. The van der Waals surface area contributed by atoms with E-state index in [1.165, 1.54) is 28.0 Å². The molecule has 5 rings (SSSR count). The molecule has 0 aliphatic carbocycles. The van der Waals surface area contributed by atoms with Gasteiger partial charge in [-0.25, -0.2) is 14.4 Å². The molecular weight excluding hydrogens is 660 g/mol. The monoisotopic (exact) mass is 704 g/mol. The fourth-order valence-electron chi connectivity index (χ4n) is 5.99. The summed E-state index contributed by atoms with van der Waals surface area (Å²) in [6, 6.07) is 9.88. The van der Waals surface area contributed by atoms with Crippen LogP contribution < -0.4 is 9.64 Å². The van der Waals surface area contributed by atoms with Crippen LogP contribution in [-0.2, 0) is 32.5 Å². The maximum atomic E-state index is 13.8. The summed E-state index contributed by atoms with van der Waals surface area (Å²) in [4.78, 5) is 73.9. The van der Waals surface area contributed by atoms with Gasteiger partial charge < -0.3 is 18.9 Å². The van der Waals surface area contributed by atoms with Gasteiger partial charge in [0.2, 0.25) is 5.88 Å². The van der Waals surface area contributed by atoms with Crippen molar-refractivity contribution in [3.05, 3.63) is 65.5 Å². The number of rotatable bonds is 9. The van der Waals surface area contributed by atoms with Crippen LogP contribution in [-0.4, -0.2) is 98.0 Å². The van der Waals surface area contributed by atoms with Crippen molar-refractivity contribution in [2.45, 2.75) is 84.1 Å². The zero-order chi connectivity index (χ0) is 37.2. The van der Waals surface area contributed by atoms with Crippen LogP contribution in [0.3, 0.4) is 0 Å². The summed E-state index contributed by atoms with van der Waals surface area (Å²) in [6.07, 6.45) is 1.01. The van der Waals surface area contributed by atoms with Crippen molar-refractivity contribution < 1.29 is 42.9 Å². The molecule has 3 aromatic rings. The summed E-state index contributed by atoms with van der Waals surface area (Å²) in [5.41, 5.74) is -0.198. The SMILES string of the molecule is COC(=O)[C@@H]1C[C@H](N(C(=O)OC(C)(C)C)c2cccc(Oc3cnn(C)c3CCCN3C(=O)c4ccccc4C3=O)n2)CN1C(=O)OC(C)(C)C. The molecule has 272 valence electrons. The molecule has 1 fully saturated rings. The number of fused-ring (bicyclic) bond motifs is 1. The third-order valence-electron chi connectivity index (χ3n) is 8.20. The molecule has 0 bridgehead atoms. The van der Waals surface area contributed by atoms with Gasteiger partial charge in [-0.1, -0.05) is 18.2 Å². The van der Waals surface area contributed by atoms with Gasteiger partial charge >= 0.3 is 18.2 Å². The van der Waals surface area contributed by atoms with Crippen LogP contribution in [0.2, 0.25) is 0 Å². The van der Waals surface area contributed by atoms with Gasteiger partial charge in [-0.15, -0.1) is 0 Å². The van der Waals surface area contributed by atoms with E-state index in [0.29, 0.717) is 35.4 Å². The number of carbonyl (C=O) groups excluding carboxylic acids is 5. The van der Waals surface area contributed by atoms with Gasteiger partial charge in [0.05, 0.1) is 36.2 Å². The average molecular weight is 705 g/mol. The van der Waals surface area contributed by atoms with E-state index in [1.54, 1.807) is 95.7 Å². The number of likely N-dealkylation sites (tertiary alicyclic amines) is 1. The van der Waals surface area contributed by atoms with Crippen molar-refractivity contribution in [3.63, 3.8) is 0 Å². The molecule has 2 atom stereocenters. The van der Waals surface area contributed by atoms with Crippen LogP contribution in [0.1, 0.15) is 80.8 Å². The molecule has 2 aromatic heterocycles. The second-order valence-corrected chi connectivity index (χ2v) is 14.3. The Labute approximate surface area is 296 Å². The lowest BCUT2D eigenvalue weighted by atomic mass is 10.1. The average Bonchev–Trinajstić information content (AvgIpc) is 3.70. The molecular formula is C36H44N6O9. The second kappa shape index (κ2) is 14.4. The Balaban J connectivity index is 1.36. The van der Waals surface area contributed by atoms with E-state index in [-0.39, 0.29) is 43.0 Å². The van der Waals surface area contributed by atoms with E-state index in [9.17, 15) is 24.0 Å². The standard InChI is InChI=1S/C36H44N6O9/c1-35(2,3)50-33(46)41-21-22(19-26(41)32(45)48-8)42(34(47)51-36(4,5)6)28-16-11-17-29(38-28)49-27-20-37-39(7)25(27)15-12-18-40-30(43)23-13-9-10-14-24(23)31(40)44/h9-11,13-14,16-17,20,22,26H,12,15,18-19,21H2,1-8H3/t22-,26-/m0/s1. The Kier molecular flexibility index (Phi) is 10.4. The first-order valence-electron chi connectivity index (χ1n) is 16.7. The summed E-state index contributed by atoms with van der Waals surface area (Å²) >= 11 is 0. The summed E-state index contributed by atoms with van der Waals surface area (Å²) in [5.74, 6) is -0.579. The largest absolute Gasteiger partial charge is 0.467 e. The van der Waals surface area contributed by atoms with Crippen LogP contribution in [0, 0.1) is 0 Å². The first kappa shape index (κ1) is 36.8. The van der Waals surface area contributed by atoms with Crippen LogP contribution in [0.25, 0.3) is 0 Å². The third-order valence-corrected chi connectivity index (χ3v) is 8.20. The Morgan fingerprint density at radius 2 is 1.57 bits per heavy atom. The number of anilines is 1. The van der Waals surface area contributed by atoms with Crippen molar-refractivity contribution in [2.75, 3.05) is 25.1 Å². The molecule has 4 amide bonds. The fourth-order valence-corrected chi connectivity index (χ4v) is 5.99. The van der Waals surface area contributed by atoms with Crippen LogP contribution in [0.15, 0.2) is 48.7 Å². The number of amides is 4. The van der Waals surface area contributed by atoms with E-state index in [4.69, 9.17) is 18.9 Å². The lowest BCUT2D eigenvalue weighted by Crippen LogP contribution is -2.46. The highest BCUT2D eigenvalue weighted by Crippen LogP contribution is 2.32. The molecule has 0 saturated carbocycles. The maximum Gasteiger partial charge on any atom is 0.416 e. The first-order chi connectivity index (χ1) is 24.0. The summed E-state index contributed by atoms with van der Waals surface area (Å²) in [6.45, 7) is 10.5. The zero-order valence-electron chi connectivity index (χ0n) is 30.2. The van der Waals surface area contributed by atoms with Crippen molar-refractivity contribution in [3.8, 4) is 11.6 Å². The summed E-state index contributed by atoms with van der Waals surface area (Å²) in [7, 11) is 2.99. The number of aromatic nitrogens is 3. The minimum absolute atomic E-state index is 0.0395. The molecule has 2 aliphatic rings. The van der Waals surface area contributed by atoms with Gasteiger partial charge in [-0.3, -0.25) is 29.0 Å². The zero-order valence-corrected chi connectivity index (χ0v) is 30.2. The third kappa shape index (κ3) is 8.30. The van der Waals surface area contributed by atoms with Gasteiger partial charge in [0.25, 0.3) is 11.8 Å². The topological polar surface area (TPSA) is 163 Å². The number of pyridine rings is 1. The second-order valence-electron chi connectivity index (χ2n) is 14.3. The van der Waals surface area contributed by atoms with Gasteiger partial charge in [-0.2, -0.15) is 10.1 Å². The number of hydrogen-bond acceptors (Lipinski definition) is 11. The minimum Gasteiger partial charge on any atom is -0.467 e. The Morgan fingerprint density at radius 1 is 0.922 bits per heavy atom. The van der Waals surface area contributed by atoms with Crippen molar-refractivity contribution in [2.24, 2.45) is 7.05 Å². The lowest BCUT2D eigenvalue weighted by Gasteiger charge is -2.31. The normalized spacial score (nSPS) is 17.3. The fraction of sp³-hybridized carbons (Fsp3) is 0.472. The lowest BCUT2D eigenvalue weighted by molar-refractivity contribution is -0.145. The van der Waals surface area contributed by atoms with Crippen molar-refractivity contribution in [1.29, 1.82) is 0 Å². The molecule has 15 heteroatoms. The molecule has 0 spiro atoms. The Hall–Kier alpha value is -5.47. The van der Waals surface area contributed by atoms with E-state index in [0.717, 1.165) is 0 Å². The van der Waals surface area contributed by atoms with E-state index in [2.05, 4.69) is 10.1 Å². The number of hydrogen-bond donors (Lipinski definition) is 0. The Morgan fingerprint density at radius 3 is 2.18 bits per heavy atom. The minimum atomic E-state index is -1.02. The number of aryl methyl sites for hydroxylation is 1. The Bertz CT molecular complexity index is 1790. The molecule has 1 saturated heterocycles. The molecule has 15 nitrogen and oxygen atoms in total. The molecule has 4 heterocycles. The number of ether oxygens (including phenoxy) is 4. The molecule has 1 aromatic carbocycles. The smallest absolute Gasteiger partial charge is 0.416 e. The van der Waals surface area contributed by atoms with E-state index < -0.39 is 41.4 Å². The van der Waals surface area contributed by atoms with Crippen LogP contribution >= 0.6 is 0 Å². The number of imide groups is 1. The van der Waals surface area contributed by atoms with Crippen molar-refractivity contribution >= 4 is 35.8 Å². The predicted molar refractivity (Wildman–Crippen MR) is 184 cm³/mol.